The van der Waals surface area contributed by atoms with Crippen LogP contribution in [-0.2, 0) is 16.7 Å². The van der Waals surface area contributed by atoms with E-state index in [4.69, 9.17) is 5.73 Å². The van der Waals surface area contributed by atoms with Crippen LogP contribution in [-0.4, -0.2) is 18.2 Å². The zero-order valence-corrected chi connectivity index (χ0v) is 15.6. The molecular formula is C20H32N2O3. The van der Waals surface area contributed by atoms with Crippen LogP contribution in [0.25, 0.3) is 0 Å². The van der Waals surface area contributed by atoms with Gasteiger partial charge in [0.25, 0.3) is 5.09 Å². The average Bonchev–Trinajstić information content (AvgIpc) is 2.59. The molecule has 2 N–H and O–H groups in total. The molecule has 1 rings (SSSR count). The van der Waals surface area contributed by atoms with Crippen molar-refractivity contribution in [1.29, 1.82) is 0 Å². The van der Waals surface area contributed by atoms with Crippen molar-refractivity contribution in [3.05, 3.63) is 58.2 Å². The van der Waals surface area contributed by atoms with Crippen LogP contribution in [0.15, 0.2) is 36.9 Å². The molecule has 0 spiro atoms. The number of hydrogen-bond donors (Lipinski definition) is 1. The van der Waals surface area contributed by atoms with Crippen molar-refractivity contribution < 1.29 is 9.92 Å². The van der Waals surface area contributed by atoms with Crippen LogP contribution in [0.1, 0.15) is 57.1 Å². The fourth-order valence-corrected chi connectivity index (χ4v) is 3.61. The smallest absolute Gasteiger partial charge is 0.294 e. The Hall–Kier alpha value is -1.88. The standard InChI is InChI=1S/C20H32N2O3/c1-4-9-18(5-2)20(3,13-14-21)19-12-8-11-17(16-19)10-6-7-15-25-22(23)24/h4,8,11-12,16,18H,1,5-7,9-10,13-15,21H2,2-3H3. The summed E-state index contributed by atoms with van der Waals surface area (Å²) in [4.78, 5) is 14.5. The van der Waals surface area contributed by atoms with E-state index in [1.807, 2.05) is 6.08 Å². The monoisotopic (exact) mass is 348 g/mol. The number of allylic oxidation sites excluding steroid dienone is 1. The van der Waals surface area contributed by atoms with Gasteiger partial charge in [-0.25, -0.2) is 0 Å². The maximum Gasteiger partial charge on any atom is 0.294 e. The molecule has 25 heavy (non-hydrogen) atoms. The largest absolute Gasteiger partial charge is 0.330 e. The third-order valence-electron chi connectivity index (χ3n) is 5.15. The summed E-state index contributed by atoms with van der Waals surface area (Å²) in [5, 5.41) is 9.43. The Bertz CT molecular complexity index is 547. The van der Waals surface area contributed by atoms with Gasteiger partial charge in [-0.1, -0.05) is 50.6 Å². The van der Waals surface area contributed by atoms with Gasteiger partial charge >= 0.3 is 0 Å². The van der Waals surface area contributed by atoms with E-state index in [0.717, 1.165) is 32.1 Å². The predicted molar refractivity (Wildman–Crippen MR) is 102 cm³/mol. The van der Waals surface area contributed by atoms with Crippen molar-refractivity contribution in [2.45, 2.75) is 57.8 Å². The minimum atomic E-state index is -0.733. The molecule has 140 valence electrons. The Kier molecular flexibility index (Phi) is 9.21. The van der Waals surface area contributed by atoms with Gasteiger partial charge in [0.05, 0.1) is 6.61 Å². The SMILES string of the molecule is C=CCC(CC)C(C)(CCN)c1cccc(CCCCO[N+](=O)[O-])c1. The van der Waals surface area contributed by atoms with Gasteiger partial charge in [0.15, 0.2) is 0 Å². The van der Waals surface area contributed by atoms with Crippen LogP contribution in [0.5, 0.6) is 0 Å². The molecule has 0 aliphatic rings. The minimum absolute atomic E-state index is 0.0302. The molecule has 0 heterocycles. The Balaban J connectivity index is 2.83. The first-order valence-electron chi connectivity index (χ1n) is 9.15. The minimum Gasteiger partial charge on any atom is -0.330 e. The van der Waals surface area contributed by atoms with Crippen molar-refractivity contribution >= 4 is 0 Å². The average molecular weight is 348 g/mol. The summed E-state index contributed by atoms with van der Waals surface area (Å²) in [6, 6.07) is 8.69. The van der Waals surface area contributed by atoms with Crippen LogP contribution in [0.2, 0.25) is 0 Å². The Labute approximate surface area is 151 Å². The van der Waals surface area contributed by atoms with Gasteiger partial charge in [-0.2, -0.15) is 0 Å². The predicted octanol–water partition coefficient (Wildman–Crippen LogP) is 4.43. The summed E-state index contributed by atoms with van der Waals surface area (Å²) in [6.07, 6.45) is 7.46. The summed E-state index contributed by atoms with van der Waals surface area (Å²) < 4.78 is 0. The van der Waals surface area contributed by atoms with Crippen LogP contribution in [0.3, 0.4) is 0 Å². The lowest BCUT2D eigenvalue weighted by Crippen LogP contribution is -2.34. The fraction of sp³-hybridized carbons (Fsp3) is 0.600. The molecule has 1 aromatic rings. The molecule has 0 saturated carbocycles. The maximum atomic E-state index is 10.2. The lowest BCUT2D eigenvalue weighted by Gasteiger charge is -2.38. The van der Waals surface area contributed by atoms with E-state index < -0.39 is 5.09 Å². The van der Waals surface area contributed by atoms with E-state index in [0.29, 0.717) is 18.9 Å². The topological polar surface area (TPSA) is 78.4 Å². The third-order valence-corrected chi connectivity index (χ3v) is 5.15. The van der Waals surface area contributed by atoms with Crippen LogP contribution < -0.4 is 5.73 Å². The fourth-order valence-electron chi connectivity index (χ4n) is 3.61. The number of hydrogen-bond acceptors (Lipinski definition) is 4. The van der Waals surface area contributed by atoms with E-state index in [2.05, 4.69) is 49.5 Å². The van der Waals surface area contributed by atoms with Gasteiger partial charge < -0.3 is 10.6 Å². The Morgan fingerprint density at radius 3 is 2.80 bits per heavy atom. The van der Waals surface area contributed by atoms with Crippen molar-refractivity contribution in [3.8, 4) is 0 Å². The van der Waals surface area contributed by atoms with Crippen molar-refractivity contribution in [1.82, 2.24) is 0 Å². The number of rotatable bonds is 13. The summed E-state index contributed by atoms with van der Waals surface area (Å²) >= 11 is 0. The number of nitrogens with zero attached hydrogens (tertiary/aromatic N) is 1. The Morgan fingerprint density at radius 2 is 2.20 bits per heavy atom. The van der Waals surface area contributed by atoms with E-state index in [1.165, 1.54) is 11.1 Å². The quantitative estimate of drug-likeness (QED) is 0.248. The van der Waals surface area contributed by atoms with Gasteiger partial charge in [0.1, 0.15) is 0 Å². The third kappa shape index (κ3) is 6.50. The maximum absolute atomic E-state index is 10.2. The molecular weight excluding hydrogens is 316 g/mol. The molecule has 5 heteroatoms. The van der Waals surface area contributed by atoms with Gasteiger partial charge in [0.2, 0.25) is 0 Å². The van der Waals surface area contributed by atoms with E-state index >= 15 is 0 Å². The molecule has 0 bridgehead atoms. The van der Waals surface area contributed by atoms with E-state index in [1.54, 1.807) is 0 Å². The summed E-state index contributed by atoms with van der Waals surface area (Å²) in [5.74, 6) is 0.511. The Morgan fingerprint density at radius 1 is 1.44 bits per heavy atom. The molecule has 0 aliphatic carbocycles. The second kappa shape index (κ2) is 10.9. The molecule has 2 unspecified atom stereocenters. The van der Waals surface area contributed by atoms with Crippen LogP contribution in [0.4, 0.5) is 0 Å². The molecule has 2 atom stereocenters. The lowest BCUT2D eigenvalue weighted by atomic mass is 9.67. The molecule has 0 aromatic heterocycles. The van der Waals surface area contributed by atoms with Crippen LogP contribution in [0, 0.1) is 16.0 Å². The molecule has 0 saturated heterocycles. The number of unbranched alkanes of at least 4 members (excludes halogenated alkanes) is 1. The number of nitrogens with two attached hydrogens (primary N) is 1. The highest BCUT2D eigenvalue weighted by Crippen LogP contribution is 2.39. The van der Waals surface area contributed by atoms with Crippen molar-refractivity contribution in [3.63, 3.8) is 0 Å². The lowest BCUT2D eigenvalue weighted by molar-refractivity contribution is -0.757. The van der Waals surface area contributed by atoms with Crippen molar-refractivity contribution in [2.24, 2.45) is 11.7 Å². The molecule has 0 fully saturated rings. The van der Waals surface area contributed by atoms with E-state index in [-0.39, 0.29) is 12.0 Å². The zero-order chi connectivity index (χ0) is 18.7. The van der Waals surface area contributed by atoms with Crippen molar-refractivity contribution in [2.75, 3.05) is 13.2 Å². The molecule has 5 nitrogen and oxygen atoms in total. The highest BCUT2D eigenvalue weighted by molar-refractivity contribution is 5.31. The molecule has 0 aliphatic heterocycles. The molecule has 0 radical (unpaired) electrons. The number of aryl methyl sites for hydroxylation is 1. The first kappa shape index (κ1) is 21.2. The van der Waals surface area contributed by atoms with Gasteiger partial charge in [-0.05, 0) is 61.1 Å². The van der Waals surface area contributed by atoms with Gasteiger partial charge in [0, 0.05) is 0 Å². The second-order valence-electron chi connectivity index (χ2n) is 6.80. The summed E-state index contributed by atoms with van der Waals surface area (Å²) in [6.45, 7) is 9.26. The summed E-state index contributed by atoms with van der Waals surface area (Å²) in [5.41, 5.74) is 8.54. The van der Waals surface area contributed by atoms with E-state index in [9.17, 15) is 10.1 Å². The van der Waals surface area contributed by atoms with Crippen LogP contribution >= 0.6 is 0 Å². The van der Waals surface area contributed by atoms with Gasteiger partial charge in [-0.15, -0.1) is 16.7 Å². The van der Waals surface area contributed by atoms with Gasteiger partial charge in [-0.3, -0.25) is 0 Å². The normalized spacial score (nSPS) is 14.5. The highest BCUT2D eigenvalue weighted by atomic mass is 16.9. The molecule has 0 amide bonds. The number of benzene rings is 1. The first-order valence-corrected chi connectivity index (χ1v) is 9.15. The highest BCUT2D eigenvalue weighted by Gasteiger charge is 2.33. The first-order chi connectivity index (χ1) is 12.0. The second-order valence-corrected chi connectivity index (χ2v) is 6.80. The molecule has 1 aromatic carbocycles. The summed E-state index contributed by atoms with van der Waals surface area (Å²) in [7, 11) is 0. The zero-order valence-electron chi connectivity index (χ0n) is 15.6.